The van der Waals surface area contributed by atoms with Crippen LogP contribution in [-0.2, 0) is 22.4 Å². The minimum absolute atomic E-state index is 0.0595. The number of amides is 2. The molecule has 2 aromatic carbocycles. The van der Waals surface area contributed by atoms with E-state index in [9.17, 15) is 19.5 Å². The summed E-state index contributed by atoms with van der Waals surface area (Å²) >= 11 is 5.81. The van der Waals surface area contributed by atoms with Gasteiger partial charge in [-0.3, -0.25) is 19.9 Å². The van der Waals surface area contributed by atoms with Crippen molar-refractivity contribution in [3.8, 4) is 11.1 Å². The van der Waals surface area contributed by atoms with Crippen LogP contribution in [0.1, 0.15) is 54.7 Å². The molecule has 0 bridgehead atoms. The van der Waals surface area contributed by atoms with Gasteiger partial charge in [-0.2, -0.15) is 0 Å². The van der Waals surface area contributed by atoms with E-state index in [2.05, 4.69) is 49.9 Å². The van der Waals surface area contributed by atoms with E-state index in [1.165, 1.54) is 5.56 Å². The summed E-state index contributed by atoms with van der Waals surface area (Å²) in [4.78, 5) is 47.5. The maximum absolute atomic E-state index is 12.3. The maximum Gasteiger partial charge on any atom is 0.326 e. The lowest BCUT2D eigenvalue weighted by Gasteiger charge is -2.17. The highest BCUT2D eigenvalue weighted by Gasteiger charge is 2.23. The van der Waals surface area contributed by atoms with Gasteiger partial charge in [0, 0.05) is 13.0 Å². The molecule has 43 heavy (non-hydrogen) atoms. The summed E-state index contributed by atoms with van der Waals surface area (Å²) in [6, 6.07) is 15.4. The van der Waals surface area contributed by atoms with Crippen molar-refractivity contribution in [1.82, 2.24) is 20.6 Å². The van der Waals surface area contributed by atoms with E-state index in [0.29, 0.717) is 13.0 Å². The molecular weight excluding hydrogens is 572 g/mol. The third-order valence-corrected chi connectivity index (χ3v) is 6.93. The molecule has 0 aliphatic heterocycles. The number of aliphatic imine (C=N–C) groups is 1. The SMILES string of the molecule is CC(C)C(NC(=O)CCc1ccc(-c2ccc(CCCCN=C(N)NC(=O)c3nc(Cl)c(N)nc3N)cc2)cc1)C(=O)O. The van der Waals surface area contributed by atoms with Crippen molar-refractivity contribution in [3.63, 3.8) is 0 Å². The van der Waals surface area contributed by atoms with Gasteiger partial charge < -0.3 is 27.6 Å². The van der Waals surface area contributed by atoms with E-state index >= 15 is 0 Å². The largest absolute Gasteiger partial charge is 0.480 e. The van der Waals surface area contributed by atoms with E-state index in [0.717, 1.165) is 36.0 Å². The fourth-order valence-corrected chi connectivity index (χ4v) is 4.34. The van der Waals surface area contributed by atoms with E-state index in [1.54, 1.807) is 13.8 Å². The van der Waals surface area contributed by atoms with Crippen molar-refractivity contribution >= 4 is 47.0 Å². The number of carbonyl (C=O) groups is 3. The Morgan fingerprint density at radius 2 is 1.49 bits per heavy atom. The predicted molar refractivity (Wildman–Crippen MR) is 167 cm³/mol. The standard InChI is InChI=1S/C30H37ClN8O4/c1-17(2)23(29(42)43)36-22(40)15-10-19-8-13-21(14-9-19)20-11-6-18(7-12-20)5-3-4-16-35-30(34)39-28(41)24-26(32)38-27(33)25(31)37-24/h6-9,11-14,17,23H,3-5,10,15-16H2,1-2H3,(H,36,40)(H,42,43)(H4,32,33,38)(H3,34,35,39,41). The number of anilines is 2. The van der Waals surface area contributed by atoms with Crippen molar-refractivity contribution in [2.24, 2.45) is 16.6 Å². The molecular formula is C30H37ClN8O4. The van der Waals surface area contributed by atoms with Crippen LogP contribution < -0.4 is 27.8 Å². The van der Waals surface area contributed by atoms with Crippen LogP contribution in [0, 0.1) is 5.92 Å². The molecule has 1 atom stereocenters. The smallest absolute Gasteiger partial charge is 0.326 e. The fraction of sp³-hybridized carbons (Fsp3) is 0.333. The number of nitrogen functional groups attached to an aromatic ring is 2. The van der Waals surface area contributed by atoms with E-state index in [4.69, 9.17) is 28.8 Å². The molecule has 0 radical (unpaired) electrons. The van der Waals surface area contributed by atoms with Crippen molar-refractivity contribution in [3.05, 3.63) is 70.5 Å². The van der Waals surface area contributed by atoms with Crippen LogP contribution in [0.25, 0.3) is 11.1 Å². The summed E-state index contributed by atoms with van der Waals surface area (Å²) in [7, 11) is 0. The molecule has 0 aliphatic rings. The highest BCUT2D eigenvalue weighted by Crippen LogP contribution is 2.22. The number of benzene rings is 2. The lowest BCUT2D eigenvalue weighted by molar-refractivity contribution is -0.143. The summed E-state index contributed by atoms with van der Waals surface area (Å²) in [6.07, 6.45) is 3.25. The molecule has 1 aromatic heterocycles. The van der Waals surface area contributed by atoms with E-state index in [-0.39, 0.29) is 46.7 Å². The van der Waals surface area contributed by atoms with Gasteiger partial charge in [-0.15, -0.1) is 0 Å². The fourth-order valence-electron chi connectivity index (χ4n) is 4.21. The number of unbranched alkanes of at least 4 members (excludes halogenated alkanes) is 1. The number of carboxylic acid groups (broad SMARTS) is 1. The van der Waals surface area contributed by atoms with E-state index in [1.807, 2.05) is 24.3 Å². The molecule has 12 nitrogen and oxygen atoms in total. The van der Waals surface area contributed by atoms with Gasteiger partial charge in [-0.05, 0) is 53.9 Å². The molecule has 228 valence electrons. The minimum atomic E-state index is -1.03. The normalized spacial score (nSPS) is 12.1. The van der Waals surface area contributed by atoms with E-state index < -0.39 is 17.9 Å². The topological polar surface area (TPSA) is 212 Å². The first-order valence-electron chi connectivity index (χ1n) is 13.8. The van der Waals surface area contributed by atoms with Gasteiger partial charge in [0.1, 0.15) is 6.04 Å². The lowest BCUT2D eigenvalue weighted by Crippen LogP contribution is -2.44. The molecule has 0 aliphatic carbocycles. The number of aromatic nitrogens is 2. The second-order valence-electron chi connectivity index (χ2n) is 10.3. The number of hydrogen-bond acceptors (Lipinski definition) is 8. The summed E-state index contributed by atoms with van der Waals surface area (Å²) in [5.41, 5.74) is 21.1. The highest BCUT2D eigenvalue weighted by molar-refractivity contribution is 6.31. The second kappa shape index (κ2) is 15.5. The number of nitrogens with two attached hydrogens (primary N) is 3. The zero-order valence-corrected chi connectivity index (χ0v) is 24.9. The van der Waals surface area contributed by atoms with Crippen LogP contribution in [0.3, 0.4) is 0 Å². The first-order valence-corrected chi connectivity index (χ1v) is 14.2. The molecule has 0 saturated carbocycles. The number of halogens is 1. The van der Waals surface area contributed by atoms with Crippen molar-refractivity contribution in [2.45, 2.75) is 52.0 Å². The molecule has 0 fully saturated rings. The summed E-state index contributed by atoms with van der Waals surface area (Å²) in [5.74, 6) is -2.46. The molecule has 2 amide bonds. The Morgan fingerprint density at radius 1 is 0.907 bits per heavy atom. The number of nitrogens with one attached hydrogen (secondary N) is 2. The van der Waals surface area contributed by atoms with Crippen LogP contribution in [0.2, 0.25) is 5.15 Å². The molecule has 0 saturated heterocycles. The number of nitrogens with zero attached hydrogens (tertiary/aromatic N) is 3. The number of carboxylic acids is 1. The third-order valence-electron chi connectivity index (χ3n) is 6.65. The number of hydrogen-bond donors (Lipinski definition) is 6. The van der Waals surface area contributed by atoms with Crippen molar-refractivity contribution < 1.29 is 19.5 Å². The Hall–Kier alpha value is -4.71. The molecule has 1 heterocycles. The van der Waals surface area contributed by atoms with Crippen molar-refractivity contribution in [1.29, 1.82) is 0 Å². The molecule has 0 spiro atoms. The van der Waals surface area contributed by atoms with Gasteiger partial charge in [0.25, 0.3) is 5.91 Å². The number of aryl methyl sites for hydroxylation is 2. The first kappa shape index (κ1) is 32.8. The van der Waals surface area contributed by atoms with Gasteiger partial charge >= 0.3 is 5.97 Å². The lowest BCUT2D eigenvalue weighted by atomic mass is 9.99. The van der Waals surface area contributed by atoms with Gasteiger partial charge in [0.2, 0.25) is 5.91 Å². The zero-order chi connectivity index (χ0) is 31.5. The Kier molecular flexibility index (Phi) is 11.8. The maximum atomic E-state index is 12.3. The number of rotatable bonds is 13. The quantitative estimate of drug-likeness (QED) is 0.0953. The van der Waals surface area contributed by atoms with Crippen LogP contribution in [-0.4, -0.2) is 51.4 Å². The van der Waals surface area contributed by atoms with Crippen LogP contribution in [0.15, 0.2) is 53.5 Å². The Bertz CT molecular complexity index is 1460. The number of aliphatic carboxylic acids is 1. The molecule has 3 rings (SSSR count). The minimum Gasteiger partial charge on any atom is -0.480 e. The molecule has 9 N–H and O–H groups in total. The molecule has 3 aromatic rings. The average Bonchev–Trinajstić information content (AvgIpc) is 2.96. The third kappa shape index (κ3) is 9.96. The predicted octanol–water partition coefficient (Wildman–Crippen LogP) is 3.19. The van der Waals surface area contributed by atoms with Crippen LogP contribution >= 0.6 is 11.6 Å². The second-order valence-corrected chi connectivity index (χ2v) is 10.7. The Morgan fingerprint density at radius 3 is 2.05 bits per heavy atom. The summed E-state index contributed by atoms with van der Waals surface area (Å²) in [5, 5.41) is 14.1. The highest BCUT2D eigenvalue weighted by atomic mass is 35.5. The number of guanidine groups is 1. The van der Waals surface area contributed by atoms with Gasteiger partial charge in [-0.1, -0.05) is 74.0 Å². The Labute approximate surface area is 255 Å². The number of carbonyl (C=O) groups excluding carboxylic acids is 2. The molecule has 13 heteroatoms. The van der Waals surface area contributed by atoms with Crippen molar-refractivity contribution in [2.75, 3.05) is 18.0 Å². The molecule has 1 unspecified atom stereocenters. The van der Waals surface area contributed by atoms with Gasteiger partial charge in [-0.25, -0.2) is 14.8 Å². The van der Waals surface area contributed by atoms with Crippen LogP contribution in [0.4, 0.5) is 11.6 Å². The van der Waals surface area contributed by atoms with Gasteiger partial charge in [0.05, 0.1) is 0 Å². The monoisotopic (exact) mass is 608 g/mol. The zero-order valence-electron chi connectivity index (χ0n) is 24.1. The summed E-state index contributed by atoms with van der Waals surface area (Å²) < 4.78 is 0. The first-order chi connectivity index (χ1) is 20.4. The Balaban J connectivity index is 1.41. The summed E-state index contributed by atoms with van der Waals surface area (Å²) in [6.45, 7) is 3.96. The van der Waals surface area contributed by atoms with Gasteiger partial charge in [0.15, 0.2) is 28.4 Å². The average molecular weight is 609 g/mol. The van der Waals surface area contributed by atoms with Crippen LogP contribution in [0.5, 0.6) is 0 Å².